The second-order valence-electron chi connectivity index (χ2n) is 2.58. The number of rotatable bonds is 7. The Morgan fingerprint density at radius 3 is 1.53 bits per heavy atom. The van der Waals surface area contributed by atoms with Gasteiger partial charge in [-0.3, -0.25) is 0 Å². The van der Waals surface area contributed by atoms with Crippen LogP contribution in [0.15, 0.2) is 9.98 Å². The van der Waals surface area contributed by atoms with Crippen molar-refractivity contribution < 1.29 is 52.5 Å². The Kier molecular flexibility index (Phi) is 27.4. The maximum atomic E-state index is 9.63. The number of aliphatic imine (C=N–C) groups is 2. The van der Waals surface area contributed by atoms with Crippen LogP contribution in [0, 0.1) is 0 Å². The van der Waals surface area contributed by atoms with Crippen molar-refractivity contribution >= 4 is 23.5 Å². The van der Waals surface area contributed by atoms with Gasteiger partial charge in [-0.05, 0) is 12.8 Å². The van der Waals surface area contributed by atoms with Gasteiger partial charge in [0.15, 0.2) is 0 Å². The summed E-state index contributed by atoms with van der Waals surface area (Å²) >= 11 is -2.86. The van der Waals surface area contributed by atoms with Gasteiger partial charge in [0.1, 0.15) is 0 Å². The fourth-order valence-electron chi connectivity index (χ4n) is 0.827. The van der Waals surface area contributed by atoms with Gasteiger partial charge in [0, 0.05) is 0 Å². The van der Waals surface area contributed by atoms with E-state index >= 15 is 0 Å². The molecule has 0 amide bonds. The van der Waals surface area contributed by atoms with Gasteiger partial charge in [-0.1, -0.05) is 12.8 Å². The Hall–Kier alpha value is -0.170. The number of nitrogens with zero attached hydrogens (tertiary/aromatic N) is 2. The number of isocyanates is 2. The van der Waals surface area contributed by atoms with Gasteiger partial charge in [0.05, 0.1) is 24.5 Å². The first-order valence-corrected chi connectivity index (χ1v) is 5.54. The van der Waals surface area contributed by atoms with Crippen LogP contribution in [0.2, 0.25) is 0 Å². The van der Waals surface area contributed by atoms with Crippen molar-refractivity contribution in [2.45, 2.75) is 25.7 Å². The topological polar surface area (TPSA) is 119 Å². The zero-order valence-electron chi connectivity index (χ0n) is 9.63. The van der Waals surface area contributed by atoms with E-state index < -0.39 is 11.4 Å². The van der Waals surface area contributed by atoms with Crippen molar-refractivity contribution in [3.05, 3.63) is 0 Å². The molecule has 0 saturated carbocycles. The number of carbonyl (C=O) groups excluding carboxylic acids is 2. The third-order valence-electron chi connectivity index (χ3n) is 1.42. The minimum Gasteiger partial charge on any atom is -0.750 e. The zero-order valence-corrected chi connectivity index (χ0v) is 12.4. The number of unbranched alkanes of at least 4 members (excludes halogenated alkanes) is 3. The minimum absolute atomic E-state index is 0. The number of hydrogen-bond acceptors (Lipinski definition) is 6. The van der Waals surface area contributed by atoms with Crippen LogP contribution in [0.25, 0.3) is 0 Å². The molecule has 0 aliphatic carbocycles. The molecule has 17 heavy (non-hydrogen) atoms. The SMILES string of the molecule is O=C=NCCCCCCN=C=O.O=S([O-])O.[Na+]. The van der Waals surface area contributed by atoms with Crippen LogP contribution < -0.4 is 29.6 Å². The molecule has 92 valence electrons. The van der Waals surface area contributed by atoms with Gasteiger partial charge in [0.25, 0.3) is 0 Å². The second kappa shape index (κ2) is 21.1. The molecule has 1 N–H and O–H groups in total. The summed E-state index contributed by atoms with van der Waals surface area (Å²) in [6.07, 6.45) is 6.80. The van der Waals surface area contributed by atoms with E-state index in [0.717, 1.165) is 25.7 Å². The van der Waals surface area contributed by atoms with Crippen LogP contribution in [-0.4, -0.2) is 38.6 Å². The van der Waals surface area contributed by atoms with Gasteiger partial charge >= 0.3 is 29.6 Å². The molecule has 7 nitrogen and oxygen atoms in total. The molecule has 0 bridgehead atoms. The van der Waals surface area contributed by atoms with Crippen LogP contribution in [0.3, 0.4) is 0 Å². The standard InChI is InChI=1S/C8H12N2O2.Na.H2O3S/c11-7-9-5-3-1-2-4-6-10-8-12;;1-4(2)3/h1-6H2;;(H2,1,2,3)/q;+1;/p-1. The summed E-state index contributed by atoms with van der Waals surface area (Å²) in [6, 6.07) is 0. The van der Waals surface area contributed by atoms with E-state index in [1.165, 1.54) is 12.2 Å². The quantitative estimate of drug-likeness (QED) is 0.181. The molecule has 1 atom stereocenters. The molecular weight excluding hydrogens is 259 g/mol. The molecule has 0 aromatic rings. The van der Waals surface area contributed by atoms with Crippen molar-refractivity contribution in [1.29, 1.82) is 0 Å². The predicted molar refractivity (Wildman–Crippen MR) is 56.0 cm³/mol. The van der Waals surface area contributed by atoms with Crippen LogP contribution in [0.1, 0.15) is 25.7 Å². The normalized spacial score (nSPS) is 9.53. The van der Waals surface area contributed by atoms with Gasteiger partial charge in [-0.25, -0.2) is 23.8 Å². The van der Waals surface area contributed by atoms with Crippen LogP contribution in [0.4, 0.5) is 0 Å². The minimum atomic E-state index is -2.86. The summed E-state index contributed by atoms with van der Waals surface area (Å²) in [7, 11) is 0. The molecule has 0 fully saturated rings. The third kappa shape index (κ3) is 38.8. The first-order valence-electron chi connectivity index (χ1n) is 4.50. The Morgan fingerprint density at radius 1 is 1.00 bits per heavy atom. The van der Waals surface area contributed by atoms with Gasteiger partial charge in [-0.2, -0.15) is 0 Å². The Labute approximate surface area is 124 Å². The average molecular weight is 272 g/mol. The van der Waals surface area contributed by atoms with Crippen LogP contribution in [0.5, 0.6) is 0 Å². The van der Waals surface area contributed by atoms with Crippen molar-refractivity contribution in [1.82, 2.24) is 0 Å². The molecule has 0 radical (unpaired) electrons. The fraction of sp³-hybridized carbons (Fsp3) is 0.750. The van der Waals surface area contributed by atoms with Gasteiger partial charge in [0.2, 0.25) is 12.2 Å². The third-order valence-corrected chi connectivity index (χ3v) is 1.42. The van der Waals surface area contributed by atoms with E-state index in [1.807, 2.05) is 0 Å². The van der Waals surface area contributed by atoms with E-state index in [9.17, 15) is 9.59 Å². The monoisotopic (exact) mass is 272 g/mol. The van der Waals surface area contributed by atoms with E-state index in [0.29, 0.717) is 13.1 Å². The average Bonchev–Trinajstić information content (AvgIpc) is 2.21. The maximum absolute atomic E-state index is 9.63. The van der Waals surface area contributed by atoms with Crippen molar-refractivity contribution in [2.75, 3.05) is 13.1 Å². The Bertz CT molecular complexity index is 251. The molecule has 0 aliphatic rings. The number of hydrogen-bond donors (Lipinski definition) is 1. The molecule has 0 spiro atoms. The molecule has 0 heterocycles. The Morgan fingerprint density at radius 2 is 1.29 bits per heavy atom. The van der Waals surface area contributed by atoms with E-state index in [1.54, 1.807) is 0 Å². The summed E-state index contributed by atoms with van der Waals surface area (Å²) in [5.74, 6) is 0. The van der Waals surface area contributed by atoms with Crippen molar-refractivity contribution in [3.8, 4) is 0 Å². The fourth-order valence-corrected chi connectivity index (χ4v) is 0.827. The van der Waals surface area contributed by atoms with Crippen LogP contribution >= 0.6 is 0 Å². The van der Waals surface area contributed by atoms with Crippen molar-refractivity contribution in [2.24, 2.45) is 9.98 Å². The maximum Gasteiger partial charge on any atom is 1.00 e. The molecule has 9 heteroatoms. The summed E-state index contributed by atoms with van der Waals surface area (Å²) in [6.45, 7) is 1.11. The molecule has 1 unspecified atom stereocenters. The molecule has 0 rings (SSSR count). The smallest absolute Gasteiger partial charge is 0.750 e. The molecule has 0 aliphatic heterocycles. The predicted octanol–water partition coefficient (Wildman–Crippen LogP) is -2.44. The largest absolute Gasteiger partial charge is 1.00 e. The molecule has 0 aromatic carbocycles. The first kappa shape index (κ1) is 22.0. The first-order chi connectivity index (χ1) is 7.65. The summed E-state index contributed by atoms with van der Waals surface area (Å²) in [5, 5.41) is 0. The molecular formula is C8H13N2NaO5S. The van der Waals surface area contributed by atoms with E-state index in [2.05, 4.69) is 9.98 Å². The van der Waals surface area contributed by atoms with Gasteiger partial charge < -0.3 is 9.11 Å². The molecule has 0 aromatic heterocycles. The summed E-state index contributed by atoms with van der Waals surface area (Å²) < 4.78 is 24.1. The molecule has 0 saturated heterocycles. The Balaban J connectivity index is -0.000000340. The summed E-state index contributed by atoms with van der Waals surface area (Å²) in [4.78, 5) is 26.1. The van der Waals surface area contributed by atoms with Crippen molar-refractivity contribution in [3.63, 3.8) is 0 Å². The second-order valence-corrected chi connectivity index (χ2v) is 3.01. The van der Waals surface area contributed by atoms with E-state index in [-0.39, 0.29) is 29.6 Å². The van der Waals surface area contributed by atoms with E-state index in [4.69, 9.17) is 13.3 Å². The van der Waals surface area contributed by atoms with Crippen LogP contribution in [-0.2, 0) is 21.0 Å². The van der Waals surface area contributed by atoms with Gasteiger partial charge in [-0.15, -0.1) is 0 Å². The summed E-state index contributed by atoms with van der Waals surface area (Å²) in [5.41, 5.74) is 0. The zero-order chi connectivity index (χ0) is 12.6.